The predicted molar refractivity (Wildman–Crippen MR) is 63.9 cm³/mol. The van der Waals surface area contributed by atoms with Gasteiger partial charge in [-0.15, -0.1) is 16.4 Å². The molecule has 16 heavy (non-hydrogen) atoms. The fourth-order valence-corrected chi connectivity index (χ4v) is 1.76. The number of aromatic nitrogens is 4. The molecule has 2 heterocycles. The van der Waals surface area contributed by atoms with Crippen molar-refractivity contribution in [2.45, 2.75) is 0 Å². The minimum Gasteiger partial charge on any atom is -0.266 e. The van der Waals surface area contributed by atoms with E-state index in [0.29, 0.717) is 0 Å². The number of rotatable bonds is 1. The molecule has 0 bridgehead atoms. The number of hydrogen-bond acceptors (Lipinski definition) is 4. The Bertz CT molecular complexity index is 459. The number of H-pyrrole nitrogens is 1. The number of nitrogens with one attached hydrogen (secondary N) is 1. The van der Waals surface area contributed by atoms with Crippen molar-refractivity contribution in [2.24, 2.45) is 0 Å². The fraction of sp³-hybridized carbons (Fsp3) is 0. The topological polar surface area (TPSA) is 54.5 Å². The first-order valence-electron chi connectivity index (χ1n) is 4.72. The van der Waals surface area contributed by atoms with Gasteiger partial charge in [0.2, 0.25) is 0 Å². The largest absolute Gasteiger partial charge is 0.266 e. The van der Waals surface area contributed by atoms with Crippen LogP contribution < -0.4 is 0 Å². The Hall–Kier alpha value is -2.01. The van der Waals surface area contributed by atoms with Gasteiger partial charge in [0, 0.05) is 23.3 Å². The predicted octanol–water partition coefficient (Wildman–Crippen LogP) is 2.61. The van der Waals surface area contributed by atoms with Gasteiger partial charge in [0.25, 0.3) is 0 Å². The summed E-state index contributed by atoms with van der Waals surface area (Å²) in [7, 11) is 0. The Labute approximate surface area is 97.0 Å². The molecule has 0 aliphatic heterocycles. The second kappa shape index (κ2) is 5.77. The van der Waals surface area contributed by atoms with Crippen molar-refractivity contribution in [1.82, 2.24) is 20.4 Å². The molecule has 0 aliphatic carbocycles. The van der Waals surface area contributed by atoms with Crippen LogP contribution in [-0.4, -0.2) is 20.4 Å². The van der Waals surface area contributed by atoms with E-state index in [4.69, 9.17) is 0 Å². The molecule has 80 valence electrons. The Kier molecular flexibility index (Phi) is 3.79. The highest BCUT2D eigenvalue weighted by atomic mass is 32.1. The van der Waals surface area contributed by atoms with E-state index >= 15 is 0 Å². The molecular formula is C11H10N4S. The van der Waals surface area contributed by atoms with E-state index in [1.165, 1.54) is 5.56 Å². The summed E-state index contributed by atoms with van der Waals surface area (Å²) in [6, 6.07) is 10.2. The summed E-state index contributed by atoms with van der Waals surface area (Å²) in [5.41, 5.74) is 1.20. The van der Waals surface area contributed by atoms with Gasteiger partial charge in [-0.25, -0.2) is 4.98 Å². The van der Waals surface area contributed by atoms with Crippen molar-refractivity contribution in [3.05, 3.63) is 54.3 Å². The molecule has 0 atom stereocenters. The van der Waals surface area contributed by atoms with Crippen molar-refractivity contribution in [1.29, 1.82) is 0 Å². The molecule has 4 nitrogen and oxygen atoms in total. The Morgan fingerprint density at radius 2 is 1.94 bits per heavy atom. The summed E-state index contributed by atoms with van der Waals surface area (Å²) in [4.78, 5) is 4.20. The third-order valence-corrected chi connectivity index (χ3v) is 2.61. The highest BCUT2D eigenvalue weighted by molar-refractivity contribution is 7.13. The molecule has 0 saturated heterocycles. The van der Waals surface area contributed by atoms with Gasteiger partial charge < -0.3 is 0 Å². The number of hydrogen-bond donors (Lipinski definition) is 1. The van der Waals surface area contributed by atoms with E-state index in [0.717, 1.165) is 5.01 Å². The lowest BCUT2D eigenvalue weighted by molar-refractivity contribution is 0.940. The van der Waals surface area contributed by atoms with Gasteiger partial charge >= 0.3 is 0 Å². The average molecular weight is 230 g/mol. The molecule has 0 unspecified atom stereocenters. The van der Waals surface area contributed by atoms with Gasteiger partial charge in [-0.3, -0.25) is 5.10 Å². The summed E-state index contributed by atoms with van der Waals surface area (Å²) in [6.45, 7) is 0. The molecule has 3 rings (SSSR count). The Morgan fingerprint density at radius 1 is 1.06 bits per heavy atom. The minimum absolute atomic E-state index is 1.09. The molecule has 0 spiro atoms. The summed E-state index contributed by atoms with van der Waals surface area (Å²) in [5.74, 6) is 0. The van der Waals surface area contributed by atoms with Gasteiger partial charge in [-0.1, -0.05) is 35.5 Å². The molecular weight excluding hydrogens is 220 g/mol. The third kappa shape index (κ3) is 2.99. The van der Waals surface area contributed by atoms with Crippen LogP contribution in [0.3, 0.4) is 0 Å². The van der Waals surface area contributed by atoms with Crippen LogP contribution >= 0.6 is 11.3 Å². The molecule has 0 radical (unpaired) electrons. The second-order valence-corrected chi connectivity index (χ2v) is 3.76. The number of aromatic amines is 1. The number of thiazole rings is 1. The summed E-state index contributed by atoms with van der Waals surface area (Å²) in [6.07, 6.45) is 5.06. The van der Waals surface area contributed by atoms with Gasteiger partial charge in [0.15, 0.2) is 0 Å². The summed E-state index contributed by atoms with van der Waals surface area (Å²) < 4.78 is 0. The first-order chi connectivity index (χ1) is 7.97. The molecule has 0 aliphatic rings. The molecule has 1 N–H and O–H groups in total. The van der Waals surface area contributed by atoms with Crippen LogP contribution in [0.15, 0.2) is 54.3 Å². The molecule has 5 heteroatoms. The second-order valence-electron chi connectivity index (χ2n) is 2.86. The van der Waals surface area contributed by atoms with E-state index in [1.807, 2.05) is 29.8 Å². The first kappa shape index (κ1) is 10.5. The zero-order valence-electron chi connectivity index (χ0n) is 8.45. The lowest BCUT2D eigenvalue weighted by atomic mass is 10.2. The molecule has 2 aromatic heterocycles. The van der Waals surface area contributed by atoms with Gasteiger partial charge in [-0.2, -0.15) is 0 Å². The van der Waals surface area contributed by atoms with Crippen LogP contribution in [0.25, 0.3) is 10.6 Å². The van der Waals surface area contributed by atoms with Crippen molar-refractivity contribution >= 4 is 11.3 Å². The quantitative estimate of drug-likeness (QED) is 0.699. The molecule has 0 fully saturated rings. The maximum Gasteiger partial charge on any atom is 0.123 e. The third-order valence-electron chi connectivity index (χ3n) is 1.78. The van der Waals surface area contributed by atoms with E-state index < -0.39 is 0 Å². The fourth-order valence-electron chi connectivity index (χ4n) is 1.11. The number of nitrogens with zero attached hydrogens (tertiary/aromatic N) is 3. The Balaban J connectivity index is 0.000000162. The van der Waals surface area contributed by atoms with E-state index in [1.54, 1.807) is 23.7 Å². The van der Waals surface area contributed by atoms with Gasteiger partial charge in [-0.05, 0) is 0 Å². The average Bonchev–Trinajstić information content (AvgIpc) is 3.07. The standard InChI is InChI=1S/C9H7NS.C2H3N3/c1-2-4-8(5-3-1)9-10-6-7-11-9;1-2-4-5-3-1/h1-7H;1-2H,(H,3,4,5). The zero-order chi connectivity index (χ0) is 11.1. The first-order valence-corrected chi connectivity index (χ1v) is 5.60. The summed E-state index contributed by atoms with van der Waals surface area (Å²) >= 11 is 1.66. The Morgan fingerprint density at radius 3 is 2.44 bits per heavy atom. The lowest BCUT2D eigenvalue weighted by Gasteiger charge is -1.91. The van der Waals surface area contributed by atoms with Crippen molar-refractivity contribution in [2.75, 3.05) is 0 Å². The van der Waals surface area contributed by atoms with Crippen molar-refractivity contribution in [3.63, 3.8) is 0 Å². The van der Waals surface area contributed by atoms with Crippen LogP contribution in [0, 0.1) is 0 Å². The molecule has 3 aromatic rings. The van der Waals surface area contributed by atoms with Crippen LogP contribution in [0.4, 0.5) is 0 Å². The smallest absolute Gasteiger partial charge is 0.123 e. The maximum atomic E-state index is 4.20. The normalized spacial score (nSPS) is 9.25. The number of benzene rings is 1. The van der Waals surface area contributed by atoms with Gasteiger partial charge in [0.1, 0.15) is 5.01 Å². The monoisotopic (exact) mass is 230 g/mol. The molecule has 1 aromatic carbocycles. The SMILES string of the molecule is c1c[nH]nn1.c1ccc(-c2nccs2)cc1. The van der Waals surface area contributed by atoms with Crippen LogP contribution in [-0.2, 0) is 0 Å². The van der Waals surface area contributed by atoms with Crippen molar-refractivity contribution in [3.8, 4) is 10.6 Å². The zero-order valence-corrected chi connectivity index (χ0v) is 9.26. The van der Waals surface area contributed by atoms with E-state index in [-0.39, 0.29) is 0 Å². The highest BCUT2D eigenvalue weighted by Crippen LogP contribution is 2.20. The van der Waals surface area contributed by atoms with Crippen LogP contribution in [0.1, 0.15) is 0 Å². The lowest BCUT2D eigenvalue weighted by Crippen LogP contribution is -1.71. The van der Waals surface area contributed by atoms with Crippen LogP contribution in [0.2, 0.25) is 0 Å². The van der Waals surface area contributed by atoms with E-state index in [9.17, 15) is 0 Å². The van der Waals surface area contributed by atoms with Gasteiger partial charge in [0.05, 0.1) is 6.20 Å². The molecule has 0 saturated carbocycles. The molecule has 0 amide bonds. The van der Waals surface area contributed by atoms with Crippen molar-refractivity contribution < 1.29 is 0 Å². The van der Waals surface area contributed by atoms with Crippen LogP contribution in [0.5, 0.6) is 0 Å². The highest BCUT2D eigenvalue weighted by Gasteiger charge is 1.95. The summed E-state index contributed by atoms with van der Waals surface area (Å²) in [5, 5.41) is 12.3. The van der Waals surface area contributed by atoms with E-state index in [2.05, 4.69) is 32.5 Å². The minimum atomic E-state index is 1.09. The maximum absolute atomic E-state index is 4.20.